The quantitative estimate of drug-likeness (QED) is 0.410. The summed E-state index contributed by atoms with van der Waals surface area (Å²) in [5, 5.41) is 8.11. The van der Waals surface area contributed by atoms with E-state index in [2.05, 4.69) is 0 Å². The lowest BCUT2D eigenvalue weighted by Gasteiger charge is -2.03. The van der Waals surface area contributed by atoms with Crippen molar-refractivity contribution < 1.29 is 14.7 Å². The second-order valence-electron chi connectivity index (χ2n) is 1.88. The molecule has 0 rings (SSSR count). The van der Waals surface area contributed by atoms with Crippen LogP contribution in [0.3, 0.4) is 0 Å². The third-order valence-corrected chi connectivity index (χ3v) is 0.993. The number of hydrogen-bond donors (Lipinski definition) is 3. The number of carboxylic acids is 1. The van der Waals surface area contributed by atoms with E-state index in [1.54, 1.807) is 0 Å². The molecule has 0 bridgehead atoms. The number of aliphatic carboxylic acids is 1. The summed E-state index contributed by atoms with van der Waals surface area (Å²) >= 11 is 0. The summed E-state index contributed by atoms with van der Waals surface area (Å²) in [5.74, 6) is -1.70. The number of ketones is 1. The molecule has 0 aromatic carbocycles. The van der Waals surface area contributed by atoms with E-state index >= 15 is 0 Å². The largest absolute Gasteiger partial charge is 0.481 e. The van der Waals surface area contributed by atoms with Crippen molar-refractivity contribution in [1.29, 1.82) is 0 Å². The normalized spacial score (nSPS) is 12.6. The Hall–Kier alpha value is -0.940. The first kappa shape index (κ1) is 9.06. The van der Waals surface area contributed by atoms with E-state index in [9.17, 15) is 9.59 Å². The topological polar surface area (TPSA) is 106 Å². The molecule has 1 atom stereocenters. The van der Waals surface area contributed by atoms with Crippen LogP contribution in [-0.2, 0) is 9.59 Å². The van der Waals surface area contributed by atoms with Gasteiger partial charge in [0, 0.05) is 6.54 Å². The van der Waals surface area contributed by atoms with Crippen molar-refractivity contribution in [2.75, 3.05) is 6.54 Å². The molecule has 0 aliphatic rings. The summed E-state index contributed by atoms with van der Waals surface area (Å²) in [6.07, 6.45) is -0.543. The molecular weight excluding hydrogens is 136 g/mol. The van der Waals surface area contributed by atoms with Crippen molar-refractivity contribution in [2.24, 2.45) is 11.5 Å². The van der Waals surface area contributed by atoms with Crippen molar-refractivity contribution in [3.63, 3.8) is 0 Å². The molecule has 0 heterocycles. The zero-order chi connectivity index (χ0) is 8.15. The number of carbonyl (C=O) groups excluding carboxylic acids is 1. The van der Waals surface area contributed by atoms with Gasteiger partial charge < -0.3 is 16.6 Å². The van der Waals surface area contributed by atoms with Crippen LogP contribution in [0.4, 0.5) is 0 Å². The smallest absolute Gasteiger partial charge is 0.310 e. The zero-order valence-electron chi connectivity index (χ0n) is 5.41. The van der Waals surface area contributed by atoms with Gasteiger partial charge in [0.05, 0.1) is 6.04 Å². The van der Waals surface area contributed by atoms with Crippen LogP contribution in [0, 0.1) is 0 Å². The first-order valence-corrected chi connectivity index (χ1v) is 2.78. The van der Waals surface area contributed by atoms with Crippen LogP contribution in [0.5, 0.6) is 0 Å². The highest BCUT2D eigenvalue weighted by molar-refractivity contribution is 5.97. The first-order valence-electron chi connectivity index (χ1n) is 2.78. The standard InChI is InChI=1S/C5H10N2O3/c6-2-3(7)4(8)1-5(9)10/h3H,1-2,6-7H2,(H,9,10). The molecular formula is C5H10N2O3. The minimum Gasteiger partial charge on any atom is -0.481 e. The van der Waals surface area contributed by atoms with E-state index in [0.29, 0.717) is 0 Å². The summed E-state index contributed by atoms with van der Waals surface area (Å²) in [6.45, 7) is -0.00782. The van der Waals surface area contributed by atoms with Crippen molar-refractivity contribution >= 4 is 11.8 Å². The third-order valence-electron chi connectivity index (χ3n) is 0.993. The average molecular weight is 146 g/mol. The van der Waals surface area contributed by atoms with Gasteiger partial charge in [0.2, 0.25) is 0 Å². The molecule has 58 valence electrons. The predicted molar refractivity (Wildman–Crippen MR) is 34.3 cm³/mol. The fourth-order valence-electron chi connectivity index (χ4n) is 0.412. The lowest BCUT2D eigenvalue weighted by Crippen LogP contribution is -2.38. The predicted octanol–water partition coefficient (Wildman–Crippen LogP) is -1.68. The Morgan fingerprint density at radius 3 is 2.30 bits per heavy atom. The van der Waals surface area contributed by atoms with Crippen molar-refractivity contribution in [2.45, 2.75) is 12.5 Å². The summed E-state index contributed by atoms with van der Waals surface area (Å²) < 4.78 is 0. The average Bonchev–Trinajstić information content (AvgIpc) is 1.85. The van der Waals surface area contributed by atoms with Crippen molar-refractivity contribution in [1.82, 2.24) is 0 Å². The highest BCUT2D eigenvalue weighted by Crippen LogP contribution is 1.86. The Morgan fingerprint density at radius 1 is 1.50 bits per heavy atom. The molecule has 1 unspecified atom stereocenters. The van der Waals surface area contributed by atoms with Gasteiger partial charge in [-0.05, 0) is 0 Å². The molecule has 0 saturated carbocycles. The molecule has 0 aliphatic heterocycles. The van der Waals surface area contributed by atoms with Crippen LogP contribution in [0.2, 0.25) is 0 Å². The molecule has 5 N–H and O–H groups in total. The van der Waals surface area contributed by atoms with Gasteiger partial charge in [0.25, 0.3) is 0 Å². The molecule has 10 heavy (non-hydrogen) atoms. The van der Waals surface area contributed by atoms with E-state index in [4.69, 9.17) is 16.6 Å². The number of rotatable bonds is 4. The van der Waals surface area contributed by atoms with Crippen molar-refractivity contribution in [3.05, 3.63) is 0 Å². The van der Waals surface area contributed by atoms with E-state index in [1.165, 1.54) is 0 Å². The van der Waals surface area contributed by atoms with Crippen LogP contribution in [0.25, 0.3) is 0 Å². The van der Waals surface area contributed by atoms with E-state index in [1.807, 2.05) is 0 Å². The van der Waals surface area contributed by atoms with Crippen LogP contribution in [-0.4, -0.2) is 29.4 Å². The third kappa shape index (κ3) is 3.16. The second-order valence-corrected chi connectivity index (χ2v) is 1.88. The Labute approximate surface area is 58.0 Å². The molecule has 0 spiro atoms. The second kappa shape index (κ2) is 3.97. The molecule has 0 fully saturated rings. The van der Waals surface area contributed by atoms with Crippen LogP contribution in [0.15, 0.2) is 0 Å². The molecule has 0 aromatic heterocycles. The minimum absolute atomic E-state index is 0.00782. The van der Waals surface area contributed by atoms with Crippen LogP contribution in [0.1, 0.15) is 6.42 Å². The Bertz CT molecular complexity index is 146. The van der Waals surface area contributed by atoms with E-state index < -0.39 is 24.2 Å². The summed E-state index contributed by atoms with van der Waals surface area (Å²) in [5.41, 5.74) is 10.1. The lowest BCUT2D eigenvalue weighted by atomic mass is 10.1. The van der Waals surface area contributed by atoms with Gasteiger partial charge in [0.1, 0.15) is 6.42 Å². The van der Waals surface area contributed by atoms with E-state index in [-0.39, 0.29) is 6.54 Å². The first-order chi connectivity index (χ1) is 4.57. The van der Waals surface area contributed by atoms with Gasteiger partial charge in [-0.25, -0.2) is 0 Å². The zero-order valence-corrected chi connectivity index (χ0v) is 5.41. The van der Waals surface area contributed by atoms with Gasteiger partial charge in [-0.15, -0.1) is 0 Å². The molecule has 0 saturated heterocycles. The number of Topliss-reactive ketones (excluding diaryl/α,β-unsaturated/α-hetero) is 1. The molecule has 0 aromatic rings. The summed E-state index contributed by atoms with van der Waals surface area (Å²) in [4.78, 5) is 20.5. The lowest BCUT2D eigenvalue weighted by molar-refractivity contribution is -0.140. The maximum atomic E-state index is 10.6. The molecule has 5 nitrogen and oxygen atoms in total. The Kier molecular flexibility index (Phi) is 3.60. The molecule has 0 radical (unpaired) electrons. The Balaban J connectivity index is 3.73. The van der Waals surface area contributed by atoms with Gasteiger partial charge in [0.15, 0.2) is 5.78 Å². The van der Waals surface area contributed by atoms with E-state index in [0.717, 1.165) is 0 Å². The highest BCUT2D eigenvalue weighted by atomic mass is 16.4. The van der Waals surface area contributed by atoms with Crippen LogP contribution >= 0.6 is 0 Å². The van der Waals surface area contributed by atoms with Crippen LogP contribution < -0.4 is 11.5 Å². The van der Waals surface area contributed by atoms with Gasteiger partial charge in [-0.1, -0.05) is 0 Å². The molecule has 0 aliphatic carbocycles. The summed E-state index contributed by atoms with van der Waals surface area (Å²) in [7, 11) is 0. The molecule has 0 amide bonds. The number of carboxylic acid groups (broad SMARTS) is 1. The van der Waals surface area contributed by atoms with Crippen molar-refractivity contribution in [3.8, 4) is 0 Å². The maximum absolute atomic E-state index is 10.6. The van der Waals surface area contributed by atoms with Gasteiger partial charge in [-0.3, -0.25) is 9.59 Å². The Morgan fingerprint density at radius 2 is 2.00 bits per heavy atom. The van der Waals surface area contributed by atoms with Gasteiger partial charge in [-0.2, -0.15) is 0 Å². The monoisotopic (exact) mass is 146 g/mol. The highest BCUT2D eigenvalue weighted by Gasteiger charge is 2.14. The summed E-state index contributed by atoms with van der Waals surface area (Å²) in [6, 6.07) is -0.837. The fourth-order valence-corrected chi connectivity index (χ4v) is 0.412. The number of nitrogens with two attached hydrogens (primary N) is 2. The van der Waals surface area contributed by atoms with Gasteiger partial charge >= 0.3 is 5.97 Å². The SMILES string of the molecule is NCC(N)C(=O)CC(=O)O. The minimum atomic E-state index is -1.17. The number of carbonyl (C=O) groups is 2. The maximum Gasteiger partial charge on any atom is 0.310 e. The number of hydrogen-bond acceptors (Lipinski definition) is 4. The molecule has 5 heteroatoms. The fraction of sp³-hybridized carbons (Fsp3) is 0.600.